The first-order chi connectivity index (χ1) is 13.7. The van der Waals surface area contributed by atoms with Gasteiger partial charge in [0, 0.05) is 23.9 Å². The fourth-order valence-electron chi connectivity index (χ4n) is 5.09. The molecule has 1 amide bonds. The Hall–Kier alpha value is -2.33. The lowest BCUT2D eigenvalue weighted by Gasteiger charge is -2.34. The lowest BCUT2D eigenvalue weighted by Crippen LogP contribution is -2.42. The molecule has 2 heterocycles. The molecular weight excluding hydrogens is 350 g/mol. The van der Waals surface area contributed by atoms with Gasteiger partial charge in [-0.1, -0.05) is 49.4 Å². The molecule has 2 saturated heterocycles. The van der Waals surface area contributed by atoms with Gasteiger partial charge < -0.3 is 14.7 Å². The average molecular weight is 380 g/mol. The van der Waals surface area contributed by atoms with Gasteiger partial charge in [0.2, 0.25) is 0 Å². The Morgan fingerprint density at radius 3 is 2.61 bits per heavy atom. The maximum Gasteiger partial charge on any atom is 0.258 e. The topological polar surface area (TPSA) is 49.8 Å². The molecule has 0 unspecified atom stereocenters. The molecule has 0 aliphatic carbocycles. The summed E-state index contributed by atoms with van der Waals surface area (Å²) in [6.45, 7) is 2.82. The van der Waals surface area contributed by atoms with E-state index in [0.717, 1.165) is 32.1 Å². The number of hydrogen-bond acceptors (Lipinski definition) is 3. The molecule has 2 aliphatic rings. The highest BCUT2D eigenvalue weighted by molar-refractivity contribution is 5.97. The largest absolute Gasteiger partial charge is 0.492 e. The number of aliphatic hydroxyl groups is 1. The number of fused-ring (bicyclic) bond motifs is 2. The maximum atomic E-state index is 13.4. The van der Waals surface area contributed by atoms with E-state index in [2.05, 4.69) is 19.1 Å². The zero-order chi connectivity index (χ0) is 19.6. The Kier molecular flexibility index (Phi) is 5.40. The summed E-state index contributed by atoms with van der Waals surface area (Å²) in [5.74, 6) is 0.701. The summed E-state index contributed by atoms with van der Waals surface area (Å²) in [7, 11) is 0. The monoisotopic (exact) mass is 379 g/mol. The quantitative estimate of drug-likeness (QED) is 0.789. The zero-order valence-corrected chi connectivity index (χ0v) is 16.5. The van der Waals surface area contributed by atoms with E-state index in [9.17, 15) is 9.90 Å². The van der Waals surface area contributed by atoms with Crippen LogP contribution in [0.15, 0.2) is 54.6 Å². The molecule has 2 aromatic carbocycles. The van der Waals surface area contributed by atoms with Crippen LogP contribution in [0.1, 0.15) is 48.5 Å². The molecular formula is C24H29NO3. The van der Waals surface area contributed by atoms with Crippen molar-refractivity contribution < 1.29 is 14.6 Å². The van der Waals surface area contributed by atoms with Crippen LogP contribution in [0.4, 0.5) is 0 Å². The summed E-state index contributed by atoms with van der Waals surface area (Å²) in [6.07, 6.45) is 4.65. The van der Waals surface area contributed by atoms with Crippen LogP contribution in [0.3, 0.4) is 0 Å². The number of carbonyl (C=O) groups is 1. The summed E-state index contributed by atoms with van der Waals surface area (Å²) >= 11 is 0. The fraction of sp³-hybridized carbons (Fsp3) is 0.458. The summed E-state index contributed by atoms with van der Waals surface area (Å²) in [5.41, 5.74) is 1.72. The van der Waals surface area contributed by atoms with Crippen molar-refractivity contribution >= 4 is 5.91 Å². The van der Waals surface area contributed by atoms with E-state index in [1.54, 1.807) is 0 Å². The molecule has 2 bridgehead atoms. The molecule has 0 spiro atoms. The van der Waals surface area contributed by atoms with Crippen LogP contribution in [-0.4, -0.2) is 41.2 Å². The van der Waals surface area contributed by atoms with Crippen molar-refractivity contribution in [3.05, 3.63) is 65.7 Å². The minimum Gasteiger partial charge on any atom is -0.492 e. The third-order valence-corrected chi connectivity index (χ3v) is 6.71. The standard InChI is InChI=1S/C24H29NO3/c1-2-24(17-26)16-19-12-13-22(24)25(19)23(27)20-10-6-7-11-21(20)28-15-14-18-8-4-3-5-9-18/h3-11,19,22,26H,2,12-17H2,1H3/t19-,22+,24-/m1/s1. The molecule has 2 fully saturated rings. The third-order valence-electron chi connectivity index (χ3n) is 6.71. The molecule has 4 nitrogen and oxygen atoms in total. The predicted molar refractivity (Wildman–Crippen MR) is 109 cm³/mol. The van der Waals surface area contributed by atoms with E-state index >= 15 is 0 Å². The highest BCUT2D eigenvalue weighted by Crippen LogP contribution is 2.52. The number of amides is 1. The molecule has 4 heteroatoms. The van der Waals surface area contributed by atoms with E-state index < -0.39 is 0 Å². The Bertz CT molecular complexity index is 816. The van der Waals surface area contributed by atoms with Crippen LogP contribution < -0.4 is 4.74 Å². The summed E-state index contributed by atoms with van der Waals surface area (Å²) in [4.78, 5) is 15.5. The number of para-hydroxylation sites is 1. The normalized spacial score (nSPS) is 25.9. The lowest BCUT2D eigenvalue weighted by molar-refractivity contribution is 0.0554. The van der Waals surface area contributed by atoms with Crippen molar-refractivity contribution in [1.82, 2.24) is 4.90 Å². The Balaban J connectivity index is 1.50. The summed E-state index contributed by atoms with van der Waals surface area (Å²) in [5, 5.41) is 10.0. The van der Waals surface area contributed by atoms with Crippen molar-refractivity contribution in [1.29, 1.82) is 0 Å². The number of rotatable bonds is 7. The minimum atomic E-state index is -0.137. The number of benzene rings is 2. The maximum absolute atomic E-state index is 13.4. The number of ether oxygens (including phenoxy) is 1. The molecule has 148 valence electrons. The van der Waals surface area contributed by atoms with Gasteiger partial charge in [-0.25, -0.2) is 0 Å². The second-order valence-corrected chi connectivity index (χ2v) is 8.12. The van der Waals surface area contributed by atoms with Gasteiger partial charge in [0.15, 0.2) is 0 Å². The second-order valence-electron chi connectivity index (χ2n) is 8.12. The van der Waals surface area contributed by atoms with Gasteiger partial charge in [0.1, 0.15) is 5.75 Å². The number of carbonyl (C=O) groups excluding carboxylic acids is 1. The number of nitrogens with zero attached hydrogens (tertiary/aromatic N) is 1. The van der Waals surface area contributed by atoms with Gasteiger partial charge in [-0.3, -0.25) is 4.79 Å². The molecule has 3 atom stereocenters. The van der Waals surface area contributed by atoms with Crippen LogP contribution in [0.5, 0.6) is 5.75 Å². The number of hydrogen-bond donors (Lipinski definition) is 1. The predicted octanol–water partition coefficient (Wildman–Crippen LogP) is 4.07. The number of aliphatic hydroxyl groups excluding tert-OH is 1. The first-order valence-electron chi connectivity index (χ1n) is 10.4. The Morgan fingerprint density at radius 1 is 1.14 bits per heavy atom. The third kappa shape index (κ3) is 3.30. The van der Waals surface area contributed by atoms with E-state index in [0.29, 0.717) is 17.9 Å². The van der Waals surface area contributed by atoms with Crippen LogP contribution in [0.2, 0.25) is 0 Å². The summed E-state index contributed by atoms with van der Waals surface area (Å²) in [6, 6.07) is 18.2. The SMILES string of the molecule is CC[C@]1(CO)C[C@H]2CC[C@@H]1N2C(=O)c1ccccc1OCCc1ccccc1. The van der Waals surface area contributed by atoms with Gasteiger partial charge in [-0.05, 0) is 43.4 Å². The van der Waals surface area contributed by atoms with Crippen LogP contribution in [0, 0.1) is 5.41 Å². The van der Waals surface area contributed by atoms with Crippen molar-refractivity contribution in [2.75, 3.05) is 13.2 Å². The zero-order valence-electron chi connectivity index (χ0n) is 16.5. The van der Waals surface area contributed by atoms with Crippen molar-refractivity contribution in [2.45, 2.75) is 51.1 Å². The van der Waals surface area contributed by atoms with Crippen LogP contribution >= 0.6 is 0 Å². The second kappa shape index (κ2) is 7.96. The van der Waals surface area contributed by atoms with E-state index in [4.69, 9.17) is 4.74 Å². The van der Waals surface area contributed by atoms with Gasteiger partial charge in [0.25, 0.3) is 5.91 Å². The molecule has 28 heavy (non-hydrogen) atoms. The molecule has 2 aromatic rings. The van der Waals surface area contributed by atoms with Gasteiger partial charge >= 0.3 is 0 Å². The van der Waals surface area contributed by atoms with E-state index in [1.807, 2.05) is 47.4 Å². The van der Waals surface area contributed by atoms with Crippen LogP contribution in [0.25, 0.3) is 0 Å². The molecule has 0 saturated carbocycles. The first-order valence-corrected chi connectivity index (χ1v) is 10.4. The lowest BCUT2D eigenvalue weighted by atomic mass is 9.72. The molecule has 4 rings (SSSR count). The molecule has 0 radical (unpaired) electrons. The fourth-order valence-corrected chi connectivity index (χ4v) is 5.09. The minimum absolute atomic E-state index is 0.0478. The smallest absolute Gasteiger partial charge is 0.258 e. The van der Waals surface area contributed by atoms with Gasteiger partial charge in [0.05, 0.1) is 18.8 Å². The van der Waals surface area contributed by atoms with Crippen LogP contribution in [-0.2, 0) is 6.42 Å². The Labute approximate surface area is 167 Å². The van der Waals surface area contributed by atoms with E-state index in [1.165, 1.54) is 5.56 Å². The van der Waals surface area contributed by atoms with Crippen molar-refractivity contribution in [2.24, 2.45) is 5.41 Å². The van der Waals surface area contributed by atoms with Gasteiger partial charge in [-0.2, -0.15) is 0 Å². The van der Waals surface area contributed by atoms with Crippen molar-refractivity contribution in [3.63, 3.8) is 0 Å². The Morgan fingerprint density at radius 2 is 1.89 bits per heavy atom. The molecule has 2 aliphatic heterocycles. The van der Waals surface area contributed by atoms with Gasteiger partial charge in [-0.15, -0.1) is 0 Å². The highest BCUT2D eigenvalue weighted by Gasteiger charge is 2.56. The molecule has 1 N–H and O–H groups in total. The summed E-state index contributed by atoms with van der Waals surface area (Å²) < 4.78 is 6.02. The van der Waals surface area contributed by atoms with Crippen molar-refractivity contribution in [3.8, 4) is 5.75 Å². The highest BCUT2D eigenvalue weighted by atomic mass is 16.5. The average Bonchev–Trinajstić information content (AvgIpc) is 3.30. The first kappa shape index (κ1) is 19.0. The van der Waals surface area contributed by atoms with E-state index in [-0.39, 0.29) is 30.0 Å². The molecule has 0 aromatic heterocycles.